The van der Waals surface area contributed by atoms with E-state index < -0.39 is 10.9 Å². The van der Waals surface area contributed by atoms with Crippen molar-refractivity contribution in [1.29, 1.82) is 0 Å². The molecule has 0 amide bonds. The van der Waals surface area contributed by atoms with E-state index in [-0.39, 0.29) is 11.3 Å². The van der Waals surface area contributed by atoms with Gasteiger partial charge in [0.15, 0.2) is 0 Å². The van der Waals surface area contributed by atoms with Gasteiger partial charge in [-0.15, -0.1) is 0 Å². The summed E-state index contributed by atoms with van der Waals surface area (Å²) >= 11 is 0. The molecule has 1 aromatic carbocycles. The molecule has 0 aliphatic carbocycles. The number of aryl methyl sites for hydroxylation is 1. The van der Waals surface area contributed by atoms with Gasteiger partial charge in [-0.1, -0.05) is 33.8 Å². The Bertz CT molecular complexity index is 389. The molecule has 0 aliphatic heterocycles. The van der Waals surface area contributed by atoms with Crippen LogP contribution in [0.15, 0.2) is 18.2 Å². The monoisotopic (exact) mass is 255 g/mol. The predicted octanol–water partition coefficient (Wildman–Crippen LogP) is 3.74. The molecule has 5 heteroatoms. The summed E-state index contributed by atoms with van der Waals surface area (Å²) in [6.45, 7) is 9.75. The van der Waals surface area contributed by atoms with E-state index in [0.29, 0.717) is 0 Å². The third-order valence-electron chi connectivity index (χ3n) is 1.75. The molecule has 102 valence electrons. The van der Waals surface area contributed by atoms with Gasteiger partial charge in [-0.05, 0) is 18.6 Å². The van der Waals surface area contributed by atoms with Crippen LogP contribution in [0.25, 0.3) is 0 Å². The first-order chi connectivity index (χ1) is 8.56. The summed E-state index contributed by atoms with van der Waals surface area (Å²) < 4.78 is 4.44. The van der Waals surface area contributed by atoms with Crippen molar-refractivity contribution in [3.8, 4) is 0 Å². The van der Waals surface area contributed by atoms with E-state index in [1.807, 2.05) is 27.7 Å². The molecule has 18 heavy (non-hydrogen) atoms. The lowest BCUT2D eigenvalue weighted by Crippen LogP contribution is -2.05. The average Bonchev–Trinajstić information content (AvgIpc) is 2.42. The molecule has 0 aromatic heterocycles. The molecule has 0 saturated heterocycles. The van der Waals surface area contributed by atoms with Gasteiger partial charge in [-0.25, -0.2) is 4.79 Å². The van der Waals surface area contributed by atoms with Crippen LogP contribution in [0.1, 0.15) is 43.6 Å². The second-order valence-corrected chi connectivity index (χ2v) is 2.77. The SMILES string of the molecule is CC.CC.COC(=O)c1cc(C)ccc1[N+](=O)[O-]. The van der Waals surface area contributed by atoms with Crippen molar-refractivity contribution in [2.24, 2.45) is 0 Å². The largest absolute Gasteiger partial charge is 0.465 e. The Morgan fingerprint density at radius 2 is 1.72 bits per heavy atom. The van der Waals surface area contributed by atoms with Gasteiger partial charge in [-0.3, -0.25) is 10.1 Å². The van der Waals surface area contributed by atoms with Crippen molar-refractivity contribution in [2.75, 3.05) is 7.11 Å². The van der Waals surface area contributed by atoms with E-state index in [4.69, 9.17) is 0 Å². The summed E-state index contributed by atoms with van der Waals surface area (Å²) in [6, 6.07) is 4.30. The van der Waals surface area contributed by atoms with Gasteiger partial charge in [0.1, 0.15) is 5.56 Å². The maximum absolute atomic E-state index is 11.2. The zero-order chi connectivity index (χ0) is 14.7. The van der Waals surface area contributed by atoms with Crippen LogP contribution < -0.4 is 0 Å². The lowest BCUT2D eigenvalue weighted by atomic mass is 10.1. The van der Waals surface area contributed by atoms with Crippen molar-refractivity contribution in [3.05, 3.63) is 39.4 Å². The zero-order valence-electron chi connectivity index (χ0n) is 11.8. The molecular weight excluding hydrogens is 234 g/mol. The standard InChI is InChI=1S/C9H9NO4.2C2H6/c1-6-3-4-8(10(12)13)7(5-6)9(11)14-2;2*1-2/h3-5H,1-2H3;2*1-2H3. The number of methoxy groups -OCH3 is 1. The smallest absolute Gasteiger partial charge is 0.344 e. The van der Waals surface area contributed by atoms with Gasteiger partial charge in [0.05, 0.1) is 12.0 Å². The van der Waals surface area contributed by atoms with Crippen LogP contribution in [0.2, 0.25) is 0 Å². The summed E-state index contributed by atoms with van der Waals surface area (Å²) in [4.78, 5) is 21.1. The second kappa shape index (κ2) is 10.3. The second-order valence-electron chi connectivity index (χ2n) is 2.77. The summed E-state index contributed by atoms with van der Waals surface area (Å²) in [5, 5.41) is 10.6. The maximum Gasteiger partial charge on any atom is 0.344 e. The van der Waals surface area contributed by atoms with Crippen molar-refractivity contribution in [1.82, 2.24) is 0 Å². The van der Waals surface area contributed by atoms with Crippen LogP contribution in [-0.2, 0) is 4.74 Å². The van der Waals surface area contributed by atoms with Gasteiger partial charge >= 0.3 is 5.97 Å². The minimum atomic E-state index is -0.694. The maximum atomic E-state index is 11.2. The highest BCUT2D eigenvalue weighted by atomic mass is 16.6. The molecule has 0 bridgehead atoms. The van der Waals surface area contributed by atoms with Gasteiger partial charge in [-0.2, -0.15) is 0 Å². The normalized spacial score (nSPS) is 8.11. The van der Waals surface area contributed by atoms with Crippen molar-refractivity contribution in [3.63, 3.8) is 0 Å². The molecule has 0 fully saturated rings. The molecular formula is C13H21NO4. The number of nitro benzene ring substituents is 1. The fraction of sp³-hybridized carbons (Fsp3) is 0.462. The van der Waals surface area contributed by atoms with Crippen molar-refractivity contribution < 1.29 is 14.5 Å². The molecule has 0 saturated carbocycles. The highest BCUT2D eigenvalue weighted by molar-refractivity contribution is 5.94. The number of hydrogen-bond donors (Lipinski definition) is 0. The molecule has 1 rings (SSSR count). The first-order valence-electron chi connectivity index (χ1n) is 5.89. The summed E-state index contributed by atoms with van der Waals surface area (Å²) in [7, 11) is 1.19. The third kappa shape index (κ3) is 5.43. The van der Waals surface area contributed by atoms with Gasteiger partial charge in [0.2, 0.25) is 0 Å². The molecule has 0 atom stereocenters. The van der Waals surface area contributed by atoms with Gasteiger partial charge in [0, 0.05) is 6.07 Å². The third-order valence-corrected chi connectivity index (χ3v) is 1.75. The van der Waals surface area contributed by atoms with E-state index in [1.165, 1.54) is 19.2 Å². The van der Waals surface area contributed by atoms with Crippen LogP contribution >= 0.6 is 0 Å². The highest BCUT2D eigenvalue weighted by Crippen LogP contribution is 2.20. The van der Waals surface area contributed by atoms with E-state index in [1.54, 1.807) is 13.0 Å². The number of carbonyl (C=O) groups excluding carboxylic acids is 1. The number of ether oxygens (including phenoxy) is 1. The number of benzene rings is 1. The molecule has 5 nitrogen and oxygen atoms in total. The topological polar surface area (TPSA) is 69.4 Å². The van der Waals surface area contributed by atoms with E-state index in [0.717, 1.165) is 5.56 Å². The Morgan fingerprint density at radius 1 is 1.22 bits per heavy atom. The summed E-state index contributed by atoms with van der Waals surface area (Å²) in [6.07, 6.45) is 0. The van der Waals surface area contributed by atoms with Crippen LogP contribution in [0.5, 0.6) is 0 Å². The van der Waals surface area contributed by atoms with Crippen molar-refractivity contribution >= 4 is 11.7 Å². The Balaban J connectivity index is 0. The minimum Gasteiger partial charge on any atom is -0.465 e. The number of nitrogens with zero attached hydrogens (tertiary/aromatic N) is 1. The summed E-state index contributed by atoms with van der Waals surface area (Å²) in [5.74, 6) is -0.694. The number of nitro groups is 1. The lowest BCUT2D eigenvalue weighted by molar-refractivity contribution is -0.385. The quantitative estimate of drug-likeness (QED) is 0.458. The van der Waals surface area contributed by atoms with E-state index >= 15 is 0 Å². The molecule has 1 aromatic rings. The van der Waals surface area contributed by atoms with Crippen LogP contribution in [0.3, 0.4) is 0 Å². The number of esters is 1. The van der Waals surface area contributed by atoms with E-state index in [2.05, 4.69) is 4.74 Å². The Hall–Kier alpha value is -1.91. The Morgan fingerprint density at radius 3 is 2.11 bits per heavy atom. The van der Waals surface area contributed by atoms with Crippen molar-refractivity contribution in [2.45, 2.75) is 34.6 Å². The first kappa shape index (κ1) is 18.5. The fourth-order valence-electron chi connectivity index (χ4n) is 1.08. The Kier molecular flexibility index (Phi) is 10.5. The first-order valence-corrected chi connectivity index (χ1v) is 5.89. The lowest BCUT2D eigenvalue weighted by Gasteiger charge is -2.01. The molecule has 0 radical (unpaired) electrons. The van der Waals surface area contributed by atoms with Crippen LogP contribution in [0, 0.1) is 17.0 Å². The summed E-state index contributed by atoms with van der Waals surface area (Å²) in [5.41, 5.74) is 0.524. The molecule has 0 unspecified atom stereocenters. The highest BCUT2D eigenvalue weighted by Gasteiger charge is 2.20. The molecule has 0 heterocycles. The average molecular weight is 255 g/mol. The number of rotatable bonds is 2. The molecule has 0 N–H and O–H groups in total. The number of carbonyl (C=O) groups is 1. The Labute approximate surface area is 108 Å². The molecule has 0 spiro atoms. The van der Waals surface area contributed by atoms with Crippen LogP contribution in [0.4, 0.5) is 5.69 Å². The predicted molar refractivity (Wildman–Crippen MR) is 71.9 cm³/mol. The number of hydrogen-bond acceptors (Lipinski definition) is 4. The fourth-order valence-corrected chi connectivity index (χ4v) is 1.08. The van der Waals surface area contributed by atoms with E-state index in [9.17, 15) is 14.9 Å². The molecule has 0 aliphatic rings. The minimum absolute atomic E-state index is 0.0162. The van der Waals surface area contributed by atoms with Gasteiger partial charge < -0.3 is 4.74 Å². The zero-order valence-corrected chi connectivity index (χ0v) is 11.8. The van der Waals surface area contributed by atoms with Gasteiger partial charge in [0.25, 0.3) is 5.69 Å². The van der Waals surface area contributed by atoms with Crippen LogP contribution in [-0.4, -0.2) is 18.0 Å².